The second-order valence-corrected chi connectivity index (χ2v) is 3.37. The van der Waals surface area contributed by atoms with E-state index in [1.54, 1.807) is 19.2 Å². The highest BCUT2D eigenvalue weighted by atomic mass is 16.5. The molecule has 1 aromatic carbocycles. The van der Waals surface area contributed by atoms with Gasteiger partial charge < -0.3 is 14.8 Å². The van der Waals surface area contributed by atoms with Crippen LogP contribution in [0.4, 0.5) is 0 Å². The Morgan fingerprint density at radius 2 is 2.00 bits per heavy atom. The molecule has 1 unspecified atom stereocenters. The second kappa shape index (κ2) is 4.60. The average Bonchev–Trinajstić information content (AvgIpc) is 2.17. The molecule has 0 aromatic heterocycles. The Morgan fingerprint density at radius 1 is 1.36 bits per heavy atom. The molecule has 3 nitrogen and oxygen atoms in total. The Bertz CT molecular complexity index is 312. The molecule has 1 rings (SSSR count). The lowest BCUT2D eigenvalue weighted by Crippen LogP contribution is -2.30. The van der Waals surface area contributed by atoms with E-state index >= 15 is 0 Å². The van der Waals surface area contributed by atoms with Crippen LogP contribution in [0.3, 0.4) is 0 Å². The molecule has 0 amide bonds. The van der Waals surface area contributed by atoms with Crippen LogP contribution in [0.25, 0.3) is 0 Å². The number of ether oxygens (including phenoxy) is 1. The van der Waals surface area contributed by atoms with Gasteiger partial charge in [-0.2, -0.15) is 0 Å². The maximum absolute atomic E-state index is 9.01. The number of aryl methyl sites for hydroxylation is 1. The van der Waals surface area contributed by atoms with Crippen molar-refractivity contribution in [2.24, 2.45) is 0 Å². The highest BCUT2D eigenvalue weighted by Crippen LogP contribution is 2.18. The molecule has 2 N–H and O–H groups in total. The number of rotatable bonds is 3. The summed E-state index contributed by atoms with van der Waals surface area (Å²) in [5.74, 6) is 0. The van der Waals surface area contributed by atoms with Crippen LogP contribution in [0, 0.1) is 6.92 Å². The zero-order valence-electron chi connectivity index (χ0n) is 8.69. The Kier molecular flexibility index (Phi) is 3.69. The molecule has 0 aliphatic rings. The van der Waals surface area contributed by atoms with Crippen molar-refractivity contribution >= 4 is 12.6 Å². The predicted molar refractivity (Wildman–Crippen MR) is 56.4 cm³/mol. The zero-order chi connectivity index (χ0) is 10.7. The van der Waals surface area contributed by atoms with Crippen molar-refractivity contribution in [2.75, 3.05) is 7.11 Å². The standard InChI is InChI=1S/C10H15BO3/c1-7-4-5-9(11(12)13)6-10(7)8(2)14-3/h4-6,8,12-13H,1-3H3. The first-order chi connectivity index (χ1) is 6.56. The van der Waals surface area contributed by atoms with E-state index in [9.17, 15) is 0 Å². The van der Waals surface area contributed by atoms with Gasteiger partial charge >= 0.3 is 7.12 Å². The lowest BCUT2D eigenvalue weighted by Gasteiger charge is -2.14. The van der Waals surface area contributed by atoms with E-state index in [0.717, 1.165) is 11.1 Å². The van der Waals surface area contributed by atoms with Crippen molar-refractivity contribution in [3.63, 3.8) is 0 Å². The Balaban J connectivity index is 3.08. The summed E-state index contributed by atoms with van der Waals surface area (Å²) >= 11 is 0. The maximum atomic E-state index is 9.01. The fourth-order valence-corrected chi connectivity index (χ4v) is 1.38. The summed E-state index contributed by atoms with van der Waals surface area (Å²) in [6, 6.07) is 5.32. The van der Waals surface area contributed by atoms with Gasteiger partial charge in [0, 0.05) is 7.11 Å². The first-order valence-corrected chi connectivity index (χ1v) is 4.55. The van der Waals surface area contributed by atoms with Gasteiger partial charge in [0.1, 0.15) is 0 Å². The fourth-order valence-electron chi connectivity index (χ4n) is 1.38. The Hall–Kier alpha value is -0.835. The van der Waals surface area contributed by atoms with Gasteiger partial charge in [0.05, 0.1) is 6.10 Å². The predicted octanol–water partition coefficient (Wildman–Crippen LogP) is 0.382. The third kappa shape index (κ3) is 2.35. The molecule has 0 aliphatic carbocycles. The van der Waals surface area contributed by atoms with E-state index in [0.29, 0.717) is 5.46 Å². The molecular formula is C10H15BO3. The lowest BCUT2D eigenvalue weighted by atomic mass is 9.78. The molecule has 1 aromatic rings. The highest BCUT2D eigenvalue weighted by molar-refractivity contribution is 6.58. The minimum absolute atomic E-state index is 0.0336. The van der Waals surface area contributed by atoms with Crippen LogP contribution in [0.1, 0.15) is 24.2 Å². The third-order valence-electron chi connectivity index (χ3n) is 2.39. The van der Waals surface area contributed by atoms with Gasteiger partial charge in [-0.3, -0.25) is 0 Å². The van der Waals surface area contributed by atoms with Crippen LogP contribution in [0.15, 0.2) is 18.2 Å². The first-order valence-electron chi connectivity index (χ1n) is 4.55. The molecule has 4 heteroatoms. The molecule has 0 heterocycles. The summed E-state index contributed by atoms with van der Waals surface area (Å²) in [6.07, 6.45) is -0.0336. The van der Waals surface area contributed by atoms with Gasteiger partial charge in [-0.25, -0.2) is 0 Å². The van der Waals surface area contributed by atoms with E-state index in [2.05, 4.69) is 0 Å². The summed E-state index contributed by atoms with van der Waals surface area (Å²) < 4.78 is 5.19. The maximum Gasteiger partial charge on any atom is 0.488 e. The molecule has 0 saturated carbocycles. The summed E-state index contributed by atoms with van der Waals surface area (Å²) in [5.41, 5.74) is 2.57. The molecule has 0 aliphatic heterocycles. The topological polar surface area (TPSA) is 49.7 Å². The van der Waals surface area contributed by atoms with E-state index < -0.39 is 7.12 Å². The van der Waals surface area contributed by atoms with E-state index in [1.807, 2.05) is 19.9 Å². The Morgan fingerprint density at radius 3 is 2.50 bits per heavy atom. The number of hydrogen-bond donors (Lipinski definition) is 2. The normalized spacial score (nSPS) is 12.6. The summed E-state index contributed by atoms with van der Waals surface area (Å²) in [5, 5.41) is 18.0. The van der Waals surface area contributed by atoms with Crippen LogP contribution >= 0.6 is 0 Å². The Labute approximate surface area is 84.5 Å². The SMILES string of the molecule is COC(C)c1cc(B(O)O)ccc1C. The zero-order valence-corrected chi connectivity index (χ0v) is 8.69. The van der Waals surface area contributed by atoms with Gasteiger partial charge in [0.25, 0.3) is 0 Å². The molecule has 0 bridgehead atoms. The van der Waals surface area contributed by atoms with Crippen molar-refractivity contribution in [3.05, 3.63) is 29.3 Å². The highest BCUT2D eigenvalue weighted by Gasteiger charge is 2.14. The van der Waals surface area contributed by atoms with Crippen molar-refractivity contribution in [1.29, 1.82) is 0 Å². The molecule has 0 fully saturated rings. The molecule has 0 saturated heterocycles. The average molecular weight is 194 g/mol. The van der Waals surface area contributed by atoms with Crippen molar-refractivity contribution in [1.82, 2.24) is 0 Å². The van der Waals surface area contributed by atoms with Crippen LogP contribution < -0.4 is 5.46 Å². The second-order valence-electron chi connectivity index (χ2n) is 3.37. The van der Waals surface area contributed by atoms with E-state index in [-0.39, 0.29) is 6.10 Å². The van der Waals surface area contributed by atoms with Gasteiger partial charge in [-0.15, -0.1) is 0 Å². The monoisotopic (exact) mass is 194 g/mol. The van der Waals surface area contributed by atoms with Gasteiger partial charge in [0.15, 0.2) is 0 Å². The van der Waals surface area contributed by atoms with Crippen molar-refractivity contribution < 1.29 is 14.8 Å². The largest absolute Gasteiger partial charge is 0.488 e. The first kappa shape index (κ1) is 11.2. The summed E-state index contributed by atoms with van der Waals surface area (Å²) in [7, 11) is 0.213. The van der Waals surface area contributed by atoms with Gasteiger partial charge in [-0.05, 0) is 30.4 Å². The number of benzene rings is 1. The van der Waals surface area contributed by atoms with Crippen molar-refractivity contribution in [3.8, 4) is 0 Å². The molecule has 14 heavy (non-hydrogen) atoms. The quantitative estimate of drug-likeness (QED) is 0.684. The summed E-state index contributed by atoms with van der Waals surface area (Å²) in [6.45, 7) is 3.90. The summed E-state index contributed by atoms with van der Waals surface area (Å²) in [4.78, 5) is 0. The smallest absolute Gasteiger partial charge is 0.423 e. The number of methoxy groups -OCH3 is 1. The third-order valence-corrected chi connectivity index (χ3v) is 2.39. The molecular weight excluding hydrogens is 179 g/mol. The van der Waals surface area contributed by atoms with Crippen molar-refractivity contribution in [2.45, 2.75) is 20.0 Å². The fraction of sp³-hybridized carbons (Fsp3) is 0.400. The van der Waals surface area contributed by atoms with E-state index in [1.165, 1.54) is 0 Å². The molecule has 0 spiro atoms. The van der Waals surface area contributed by atoms with Crippen LogP contribution in [0.5, 0.6) is 0 Å². The minimum Gasteiger partial charge on any atom is -0.423 e. The number of hydrogen-bond acceptors (Lipinski definition) is 3. The lowest BCUT2D eigenvalue weighted by molar-refractivity contribution is 0.119. The van der Waals surface area contributed by atoms with Gasteiger partial charge in [0.2, 0.25) is 0 Å². The van der Waals surface area contributed by atoms with Crippen LogP contribution in [0.2, 0.25) is 0 Å². The van der Waals surface area contributed by atoms with Gasteiger partial charge in [-0.1, -0.05) is 18.2 Å². The molecule has 1 atom stereocenters. The molecule has 0 radical (unpaired) electrons. The minimum atomic E-state index is -1.42. The van der Waals surface area contributed by atoms with E-state index in [4.69, 9.17) is 14.8 Å². The van der Waals surface area contributed by atoms with Crippen LogP contribution in [-0.2, 0) is 4.74 Å². The van der Waals surface area contributed by atoms with Crippen LogP contribution in [-0.4, -0.2) is 24.3 Å². The molecule has 76 valence electrons.